The average molecular weight is 288 g/mol. The van der Waals surface area contributed by atoms with E-state index in [9.17, 15) is 14.3 Å². The molecular weight excluding hydrogens is 259 g/mol. The van der Waals surface area contributed by atoms with Gasteiger partial charge < -0.3 is 15.7 Å². The SMILES string of the molecule is CC(C)(C)C1CCC(O)(CNC(=O)NCCCF)CC1. The predicted molar refractivity (Wildman–Crippen MR) is 78.4 cm³/mol. The minimum absolute atomic E-state index is 0.269. The van der Waals surface area contributed by atoms with Gasteiger partial charge in [-0.2, -0.15) is 0 Å². The Labute approximate surface area is 121 Å². The average Bonchev–Trinajstić information content (AvgIpc) is 2.36. The van der Waals surface area contributed by atoms with Crippen molar-refractivity contribution < 1.29 is 14.3 Å². The fourth-order valence-electron chi connectivity index (χ4n) is 2.77. The minimum Gasteiger partial charge on any atom is -0.388 e. The number of halogens is 1. The lowest BCUT2D eigenvalue weighted by atomic mass is 9.68. The molecule has 0 saturated heterocycles. The van der Waals surface area contributed by atoms with Crippen molar-refractivity contribution in [3.8, 4) is 0 Å². The highest BCUT2D eigenvalue weighted by Gasteiger charge is 2.37. The molecule has 0 bridgehead atoms. The van der Waals surface area contributed by atoms with Crippen LogP contribution in [0.15, 0.2) is 0 Å². The second-order valence-corrected chi connectivity index (χ2v) is 7.02. The Morgan fingerprint density at radius 2 is 1.90 bits per heavy atom. The van der Waals surface area contributed by atoms with Crippen LogP contribution in [-0.4, -0.2) is 36.5 Å². The van der Waals surface area contributed by atoms with Crippen LogP contribution in [0, 0.1) is 11.3 Å². The fraction of sp³-hybridized carbons (Fsp3) is 0.933. The summed E-state index contributed by atoms with van der Waals surface area (Å²) in [6, 6.07) is -0.329. The Hall–Kier alpha value is -0.840. The Morgan fingerprint density at radius 3 is 2.40 bits per heavy atom. The lowest BCUT2D eigenvalue weighted by Gasteiger charge is -2.41. The molecule has 0 spiro atoms. The number of urea groups is 1. The topological polar surface area (TPSA) is 61.4 Å². The molecule has 1 aliphatic carbocycles. The van der Waals surface area contributed by atoms with Gasteiger partial charge in [0.25, 0.3) is 0 Å². The molecule has 1 aliphatic rings. The van der Waals surface area contributed by atoms with Gasteiger partial charge in [0.15, 0.2) is 0 Å². The van der Waals surface area contributed by atoms with Crippen LogP contribution in [0.1, 0.15) is 52.9 Å². The third-order valence-electron chi connectivity index (χ3n) is 4.32. The molecule has 0 radical (unpaired) electrons. The van der Waals surface area contributed by atoms with E-state index in [0.717, 1.165) is 25.7 Å². The molecule has 5 heteroatoms. The van der Waals surface area contributed by atoms with Crippen molar-refractivity contribution in [2.24, 2.45) is 11.3 Å². The van der Waals surface area contributed by atoms with E-state index in [0.29, 0.717) is 18.9 Å². The maximum Gasteiger partial charge on any atom is 0.314 e. The van der Waals surface area contributed by atoms with Crippen LogP contribution in [0.3, 0.4) is 0 Å². The number of aliphatic hydroxyl groups is 1. The van der Waals surface area contributed by atoms with Gasteiger partial charge in [0.05, 0.1) is 12.3 Å². The summed E-state index contributed by atoms with van der Waals surface area (Å²) in [5.74, 6) is 0.626. The van der Waals surface area contributed by atoms with Gasteiger partial charge in [-0.3, -0.25) is 4.39 Å². The van der Waals surface area contributed by atoms with E-state index in [1.54, 1.807) is 0 Å². The van der Waals surface area contributed by atoms with Crippen molar-refractivity contribution in [2.75, 3.05) is 19.8 Å². The van der Waals surface area contributed by atoms with Crippen LogP contribution in [0.25, 0.3) is 0 Å². The van der Waals surface area contributed by atoms with E-state index in [-0.39, 0.29) is 18.0 Å². The number of hydrogen-bond acceptors (Lipinski definition) is 2. The van der Waals surface area contributed by atoms with E-state index in [1.165, 1.54) is 0 Å². The van der Waals surface area contributed by atoms with Gasteiger partial charge in [0.2, 0.25) is 0 Å². The zero-order valence-corrected chi connectivity index (χ0v) is 13.0. The summed E-state index contributed by atoms with van der Waals surface area (Å²) >= 11 is 0. The number of alkyl halides is 1. The Balaban J connectivity index is 2.29. The molecule has 0 atom stereocenters. The van der Waals surface area contributed by atoms with Crippen LogP contribution < -0.4 is 10.6 Å². The standard InChI is InChI=1S/C15H29FN2O2/c1-14(2,3)12-5-7-15(20,8-6-12)11-18-13(19)17-10-4-9-16/h12,20H,4-11H2,1-3H3,(H2,17,18,19). The lowest BCUT2D eigenvalue weighted by Crippen LogP contribution is -2.49. The van der Waals surface area contributed by atoms with Crippen molar-refractivity contribution in [2.45, 2.75) is 58.5 Å². The number of carbonyl (C=O) groups excluding carboxylic acids is 1. The Bertz CT molecular complexity index is 307. The zero-order valence-electron chi connectivity index (χ0n) is 13.0. The first-order valence-electron chi connectivity index (χ1n) is 7.57. The molecule has 0 unspecified atom stereocenters. The zero-order chi connectivity index (χ0) is 15.2. The van der Waals surface area contributed by atoms with Crippen LogP contribution >= 0.6 is 0 Å². The number of rotatable bonds is 5. The van der Waals surface area contributed by atoms with E-state index < -0.39 is 12.3 Å². The second-order valence-electron chi connectivity index (χ2n) is 7.02. The minimum atomic E-state index is -0.792. The largest absolute Gasteiger partial charge is 0.388 e. The van der Waals surface area contributed by atoms with E-state index in [1.807, 2.05) is 0 Å². The van der Waals surface area contributed by atoms with Crippen LogP contribution in [0.5, 0.6) is 0 Å². The van der Waals surface area contributed by atoms with Gasteiger partial charge in [0.1, 0.15) is 0 Å². The van der Waals surface area contributed by atoms with Gasteiger partial charge >= 0.3 is 6.03 Å². The first-order valence-corrected chi connectivity index (χ1v) is 7.57. The van der Waals surface area contributed by atoms with Crippen molar-refractivity contribution in [1.82, 2.24) is 10.6 Å². The smallest absolute Gasteiger partial charge is 0.314 e. The number of hydrogen-bond donors (Lipinski definition) is 3. The van der Waals surface area contributed by atoms with Crippen molar-refractivity contribution >= 4 is 6.03 Å². The first kappa shape index (κ1) is 17.2. The van der Waals surface area contributed by atoms with E-state index in [2.05, 4.69) is 31.4 Å². The summed E-state index contributed by atoms with van der Waals surface area (Å²) in [5.41, 5.74) is -0.516. The monoisotopic (exact) mass is 288 g/mol. The van der Waals surface area contributed by atoms with Gasteiger partial charge in [-0.25, -0.2) is 4.79 Å². The molecule has 0 aromatic carbocycles. The summed E-state index contributed by atoms with van der Waals surface area (Å²) in [7, 11) is 0. The normalized spacial score (nSPS) is 27.1. The number of amides is 2. The summed E-state index contributed by atoms with van der Waals surface area (Å²) in [6.07, 6.45) is 3.75. The highest BCUT2D eigenvalue weighted by atomic mass is 19.1. The van der Waals surface area contributed by atoms with Gasteiger partial charge in [0, 0.05) is 13.1 Å². The summed E-state index contributed by atoms with van der Waals surface area (Å²) in [4.78, 5) is 11.5. The first-order chi connectivity index (χ1) is 9.27. The molecule has 0 aromatic heterocycles. The summed E-state index contributed by atoms with van der Waals surface area (Å²) in [6.45, 7) is 6.87. The lowest BCUT2D eigenvalue weighted by molar-refractivity contribution is -0.0218. The van der Waals surface area contributed by atoms with E-state index >= 15 is 0 Å². The van der Waals surface area contributed by atoms with Crippen molar-refractivity contribution in [3.63, 3.8) is 0 Å². The summed E-state index contributed by atoms with van der Waals surface area (Å²) < 4.78 is 11.9. The molecule has 0 aromatic rings. The highest BCUT2D eigenvalue weighted by molar-refractivity contribution is 5.73. The van der Waals surface area contributed by atoms with Crippen LogP contribution in [0.4, 0.5) is 9.18 Å². The molecule has 4 nitrogen and oxygen atoms in total. The highest BCUT2D eigenvalue weighted by Crippen LogP contribution is 2.41. The molecule has 1 rings (SSSR count). The third kappa shape index (κ3) is 5.65. The van der Waals surface area contributed by atoms with Crippen LogP contribution in [0.2, 0.25) is 0 Å². The summed E-state index contributed by atoms with van der Waals surface area (Å²) in [5, 5.41) is 15.7. The van der Waals surface area contributed by atoms with E-state index in [4.69, 9.17) is 0 Å². The second kappa shape index (κ2) is 7.25. The van der Waals surface area contributed by atoms with Gasteiger partial charge in [-0.05, 0) is 43.4 Å². The van der Waals surface area contributed by atoms with Gasteiger partial charge in [-0.1, -0.05) is 20.8 Å². The molecule has 1 saturated carbocycles. The Morgan fingerprint density at radius 1 is 1.30 bits per heavy atom. The molecule has 1 fully saturated rings. The molecule has 0 heterocycles. The molecule has 118 valence electrons. The maximum absolute atomic E-state index is 11.9. The molecule has 3 N–H and O–H groups in total. The van der Waals surface area contributed by atoms with Crippen molar-refractivity contribution in [1.29, 1.82) is 0 Å². The molecular formula is C15H29FN2O2. The molecule has 0 aliphatic heterocycles. The quantitative estimate of drug-likeness (QED) is 0.681. The number of carbonyl (C=O) groups is 1. The van der Waals surface area contributed by atoms with Crippen molar-refractivity contribution in [3.05, 3.63) is 0 Å². The number of nitrogens with one attached hydrogen (secondary N) is 2. The Kier molecular flexibility index (Phi) is 6.24. The fourth-order valence-corrected chi connectivity index (χ4v) is 2.77. The maximum atomic E-state index is 11.9. The molecule has 2 amide bonds. The molecule has 20 heavy (non-hydrogen) atoms. The third-order valence-corrected chi connectivity index (χ3v) is 4.32. The predicted octanol–water partition coefficient (Wildman–Crippen LogP) is 2.61. The van der Waals surface area contributed by atoms with Gasteiger partial charge in [-0.15, -0.1) is 0 Å². The van der Waals surface area contributed by atoms with Crippen LogP contribution in [-0.2, 0) is 0 Å².